The second kappa shape index (κ2) is 6.57. The van der Waals surface area contributed by atoms with Gasteiger partial charge in [0.1, 0.15) is 5.84 Å². The zero-order valence-electron chi connectivity index (χ0n) is 8.02. The number of nitrogens with two attached hydrogens (primary N) is 1. The summed E-state index contributed by atoms with van der Waals surface area (Å²) >= 11 is 0. The molecular weight excluding hydrogens is 208 g/mol. The topological polar surface area (TPSA) is 117 Å². The number of amidine groups is 1. The fourth-order valence-corrected chi connectivity index (χ4v) is 1.66. The van der Waals surface area contributed by atoms with Gasteiger partial charge in [-0.05, 0) is 6.42 Å². The van der Waals surface area contributed by atoms with Crippen molar-refractivity contribution < 1.29 is 13.6 Å². The third kappa shape index (κ3) is 6.63. The quantitative estimate of drug-likeness (QED) is 0.145. The molecule has 0 amide bonds. The summed E-state index contributed by atoms with van der Waals surface area (Å²) in [7, 11) is -3.38. The fourth-order valence-electron chi connectivity index (χ4n) is 0.767. The number of hydrogen-bond donors (Lipinski definition) is 4. The first-order valence-corrected chi connectivity index (χ1v) is 5.70. The van der Waals surface area contributed by atoms with Crippen molar-refractivity contribution in [3.05, 3.63) is 0 Å². The number of nitrogens with zero attached hydrogens (tertiary/aromatic N) is 1. The molecule has 7 nitrogen and oxygen atoms in total. The molecule has 0 aliphatic carbocycles. The smallest absolute Gasteiger partial charge is 0.276 e. The summed E-state index contributed by atoms with van der Waals surface area (Å²) < 4.78 is 26.6. The molecule has 0 spiro atoms. The number of hydrogen-bond acceptors (Lipinski definition) is 4. The summed E-state index contributed by atoms with van der Waals surface area (Å²) in [5, 5.41) is 11.0. The maximum absolute atomic E-state index is 11.0. The Balaban J connectivity index is 3.64. The highest BCUT2D eigenvalue weighted by Crippen LogP contribution is 1.87. The summed E-state index contributed by atoms with van der Waals surface area (Å²) in [6.07, 6.45) is 0.839. The van der Waals surface area contributed by atoms with Gasteiger partial charge in [-0.1, -0.05) is 12.1 Å². The Morgan fingerprint density at radius 3 is 2.64 bits per heavy atom. The molecule has 0 saturated heterocycles. The Labute approximate surface area is 83.5 Å². The van der Waals surface area contributed by atoms with Gasteiger partial charge in [-0.3, -0.25) is 0 Å². The van der Waals surface area contributed by atoms with Gasteiger partial charge >= 0.3 is 0 Å². The molecule has 0 heterocycles. The van der Waals surface area contributed by atoms with E-state index in [1.165, 1.54) is 0 Å². The van der Waals surface area contributed by atoms with Crippen molar-refractivity contribution in [2.24, 2.45) is 10.9 Å². The average Bonchev–Trinajstić information content (AvgIpc) is 2.12. The molecule has 0 aliphatic heterocycles. The van der Waals surface area contributed by atoms with Crippen LogP contribution in [0.5, 0.6) is 0 Å². The van der Waals surface area contributed by atoms with Crippen molar-refractivity contribution in [1.29, 1.82) is 0 Å². The Morgan fingerprint density at radius 1 is 1.50 bits per heavy atom. The number of rotatable bonds is 7. The lowest BCUT2D eigenvalue weighted by Crippen LogP contribution is -2.37. The minimum Gasteiger partial charge on any atom is -0.409 e. The van der Waals surface area contributed by atoms with Crippen LogP contribution in [0.4, 0.5) is 0 Å². The lowest BCUT2D eigenvalue weighted by Gasteiger charge is -2.05. The second-order valence-electron chi connectivity index (χ2n) is 2.59. The maximum Gasteiger partial charge on any atom is 0.276 e. The SMILES string of the molecule is CCNS(=O)(=O)NCCCC(N)=NO. The summed E-state index contributed by atoms with van der Waals surface area (Å²) in [6, 6.07) is 0. The van der Waals surface area contributed by atoms with Gasteiger partial charge in [-0.15, -0.1) is 0 Å². The predicted octanol–water partition coefficient (Wildman–Crippen LogP) is -1.04. The van der Waals surface area contributed by atoms with Gasteiger partial charge < -0.3 is 10.9 Å². The van der Waals surface area contributed by atoms with E-state index in [-0.39, 0.29) is 12.4 Å². The highest BCUT2D eigenvalue weighted by molar-refractivity contribution is 7.87. The van der Waals surface area contributed by atoms with Crippen LogP contribution in [0.2, 0.25) is 0 Å². The molecule has 0 fully saturated rings. The molecule has 0 unspecified atom stereocenters. The van der Waals surface area contributed by atoms with E-state index in [2.05, 4.69) is 14.6 Å². The fraction of sp³-hybridized carbons (Fsp3) is 0.833. The molecule has 0 saturated carbocycles. The summed E-state index contributed by atoms with van der Waals surface area (Å²) in [5.74, 6) is 0.0904. The molecule has 14 heavy (non-hydrogen) atoms. The molecule has 0 rings (SSSR count). The Kier molecular flexibility index (Phi) is 6.17. The monoisotopic (exact) mass is 224 g/mol. The first kappa shape index (κ1) is 13.1. The predicted molar refractivity (Wildman–Crippen MR) is 53.2 cm³/mol. The van der Waals surface area contributed by atoms with Crippen molar-refractivity contribution in [3.63, 3.8) is 0 Å². The minimum absolute atomic E-state index is 0.0904. The van der Waals surface area contributed by atoms with Gasteiger partial charge in [-0.25, -0.2) is 9.44 Å². The van der Waals surface area contributed by atoms with E-state index in [0.29, 0.717) is 19.4 Å². The van der Waals surface area contributed by atoms with Crippen LogP contribution in [0, 0.1) is 0 Å². The van der Waals surface area contributed by atoms with Crippen LogP contribution in [0.3, 0.4) is 0 Å². The van der Waals surface area contributed by atoms with Crippen LogP contribution in [0.25, 0.3) is 0 Å². The Hall–Kier alpha value is -0.860. The largest absolute Gasteiger partial charge is 0.409 e. The van der Waals surface area contributed by atoms with Gasteiger partial charge in [0.2, 0.25) is 0 Å². The van der Waals surface area contributed by atoms with Gasteiger partial charge in [-0.2, -0.15) is 8.42 Å². The summed E-state index contributed by atoms with van der Waals surface area (Å²) in [5.41, 5.74) is 5.19. The van der Waals surface area contributed by atoms with E-state index in [0.717, 1.165) is 0 Å². The summed E-state index contributed by atoms with van der Waals surface area (Å²) in [6.45, 7) is 2.29. The molecule has 5 N–H and O–H groups in total. The highest BCUT2D eigenvalue weighted by Gasteiger charge is 2.05. The molecular formula is C6H16N4O3S. The zero-order valence-corrected chi connectivity index (χ0v) is 8.84. The van der Waals surface area contributed by atoms with Crippen molar-refractivity contribution in [2.45, 2.75) is 19.8 Å². The van der Waals surface area contributed by atoms with Crippen LogP contribution < -0.4 is 15.2 Å². The molecule has 0 aromatic rings. The van der Waals surface area contributed by atoms with E-state index >= 15 is 0 Å². The van der Waals surface area contributed by atoms with E-state index < -0.39 is 10.2 Å². The van der Waals surface area contributed by atoms with Gasteiger partial charge in [0.25, 0.3) is 10.2 Å². The third-order valence-corrected chi connectivity index (χ3v) is 2.62. The number of nitrogens with one attached hydrogen (secondary N) is 2. The zero-order chi connectivity index (χ0) is 11.0. The van der Waals surface area contributed by atoms with Crippen molar-refractivity contribution in [2.75, 3.05) is 13.1 Å². The van der Waals surface area contributed by atoms with E-state index in [9.17, 15) is 8.42 Å². The Bertz CT molecular complexity index is 275. The van der Waals surface area contributed by atoms with Crippen molar-refractivity contribution >= 4 is 16.0 Å². The van der Waals surface area contributed by atoms with E-state index in [4.69, 9.17) is 10.9 Å². The van der Waals surface area contributed by atoms with Crippen LogP contribution >= 0.6 is 0 Å². The lowest BCUT2D eigenvalue weighted by atomic mass is 10.3. The van der Waals surface area contributed by atoms with E-state index in [1.54, 1.807) is 6.92 Å². The highest BCUT2D eigenvalue weighted by atomic mass is 32.2. The first-order valence-electron chi connectivity index (χ1n) is 4.22. The average molecular weight is 224 g/mol. The van der Waals surface area contributed by atoms with Crippen molar-refractivity contribution in [3.8, 4) is 0 Å². The number of oxime groups is 1. The maximum atomic E-state index is 11.0. The van der Waals surface area contributed by atoms with Crippen LogP contribution in [-0.2, 0) is 10.2 Å². The van der Waals surface area contributed by atoms with Crippen LogP contribution in [0.1, 0.15) is 19.8 Å². The Morgan fingerprint density at radius 2 is 2.14 bits per heavy atom. The van der Waals surface area contributed by atoms with Gasteiger partial charge in [0.15, 0.2) is 0 Å². The molecule has 0 radical (unpaired) electrons. The molecule has 0 bridgehead atoms. The minimum atomic E-state index is -3.38. The standard InChI is InChI=1S/C6H16N4O3S/c1-2-8-14(12,13)9-5-3-4-6(7)10-11/h8-9,11H,2-5H2,1H3,(H2,7,10). The first-order chi connectivity index (χ1) is 6.52. The molecule has 8 heteroatoms. The van der Waals surface area contributed by atoms with Crippen molar-refractivity contribution in [1.82, 2.24) is 9.44 Å². The third-order valence-electron chi connectivity index (χ3n) is 1.36. The molecule has 84 valence electrons. The molecule has 0 aliphatic rings. The van der Waals surface area contributed by atoms with Crippen LogP contribution in [0.15, 0.2) is 5.16 Å². The van der Waals surface area contributed by atoms with Gasteiger partial charge in [0, 0.05) is 19.5 Å². The molecule has 0 atom stereocenters. The lowest BCUT2D eigenvalue weighted by molar-refractivity contribution is 0.316. The van der Waals surface area contributed by atoms with Crippen LogP contribution in [-0.4, -0.2) is 32.6 Å². The normalized spacial score (nSPS) is 13.1. The molecule has 0 aromatic heterocycles. The van der Waals surface area contributed by atoms with Gasteiger partial charge in [0.05, 0.1) is 0 Å². The van der Waals surface area contributed by atoms with E-state index in [1.807, 2.05) is 0 Å². The molecule has 0 aromatic carbocycles. The second-order valence-corrected chi connectivity index (χ2v) is 4.17. The summed E-state index contributed by atoms with van der Waals surface area (Å²) in [4.78, 5) is 0.